The minimum absolute atomic E-state index is 0.0887. The van der Waals surface area contributed by atoms with Crippen molar-refractivity contribution >= 4 is 27.6 Å². The Kier molecular flexibility index (Phi) is 4.14. The molecule has 8 heteroatoms. The first-order chi connectivity index (χ1) is 9.51. The minimum atomic E-state index is -0.553. The van der Waals surface area contributed by atoms with Gasteiger partial charge in [-0.2, -0.15) is 4.98 Å². The monoisotopic (exact) mass is 338 g/mol. The van der Waals surface area contributed by atoms with Gasteiger partial charge < -0.3 is 10.1 Å². The van der Waals surface area contributed by atoms with Gasteiger partial charge in [-0.25, -0.2) is 4.98 Å². The van der Waals surface area contributed by atoms with Crippen LogP contribution in [0.2, 0.25) is 0 Å². The maximum Gasteiger partial charge on any atom is 0.352 e. The Bertz CT molecular complexity index is 646. The number of hydrogen-bond acceptors (Lipinski definition) is 6. The number of aryl methyl sites for hydroxylation is 1. The number of benzene rings is 1. The van der Waals surface area contributed by atoms with Crippen molar-refractivity contribution in [3.63, 3.8) is 0 Å². The molecule has 0 spiro atoms. The number of hydrogen-bond donors (Lipinski definition) is 1. The second-order valence-electron chi connectivity index (χ2n) is 3.85. The van der Waals surface area contributed by atoms with Gasteiger partial charge in [0.15, 0.2) is 0 Å². The predicted molar refractivity (Wildman–Crippen MR) is 77.2 cm³/mol. The van der Waals surface area contributed by atoms with Crippen LogP contribution in [0.3, 0.4) is 0 Å². The van der Waals surface area contributed by atoms with E-state index in [1.54, 1.807) is 31.3 Å². The van der Waals surface area contributed by atoms with E-state index in [4.69, 9.17) is 4.74 Å². The van der Waals surface area contributed by atoms with Gasteiger partial charge in [-0.3, -0.25) is 10.1 Å². The molecule has 0 fully saturated rings. The molecule has 0 aliphatic rings. The zero-order chi connectivity index (χ0) is 14.7. The van der Waals surface area contributed by atoms with Crippen molar-refractivity contribution < 1.29 is 9.66 Å². The quantitative estimate of drug-likeness (QED) is 0.679. The maximum absolute atomic E-state index is 11.1. The molecule has 7 nitrogen and oxygen atoms in total. The largest absolute Gasteiger partial charge is 0.434 e. The van der Waals surface area contributed by atoms with Crippen molar-refractivity contribution in [2.45, 2.75) is 6.92 Å². The van der Waals surface area contributed by atoms with E-state index in [1.807, 2.05) is 0 Å². The summed E-state index contributed by atoms with van der Waals surface area (Å²) in [6, 6.07) is 6.91. The molecule has 0 aliphatic heterocycles. The van der Waals surface area contributed by atoms with Gasteiger partial charge in [0.25, 0.3) is 0 Å². The van der Waals surface area contributed by atoms with Crippen LogP contribution in [0.1, 0.15) is 5.69 Å². The van der Waals surface area contributed by atoms with Gasteiger partial charge in [0, 0.05) is 11.5 Å². The van der Waals surface area contributed by atoms with Gasteiger partial charge in [-0.05, 0) is 31.2 Å². The topological polar surface area (TPSA) is 90.2 Å². The third-order valence-corrected chi connectivity index (χ3v) is 2.99. The molecule has 0 amide bonds. The highest BCUT2D eigenvalue weighted by Crippen LogP contribution is 2.32. The molecule has 1 aromatic carbocycles. The van der Waals surface area contributed by atoms with E-state index in [1.165, 1.54) is 6.92 Å². The second-order valence-corrected chi connectivity index (χ2v) is 4.77. The van der Waals surface area contributed by atoms with Crippen LogP contribution < -0.4 is 10.1 Å². The molecular formula is C12H11BrN4O3. The average molecular weight is 339 g/mol. The van der Waals surface area contributed by atoms with Gasteiger partial charge in [-0.1, -0.05) is 15.9 Å². The fourth-order valence-electron chi connectivity index (χ4n) is 1.55. The summed E-state index contributed by atoms with van der Waals surface area (Å²) in [5, 5.41) is 13.8. The molecule has 20 heavy (non-hydrogen) atoms. The van der Waals surface area contributed by atoms with E-state index in [-0.39, 0.29) is 23.2 Å². The van der Waals surface area contributed by atoms with Crippen molar-refractivity contribution in [2.24, 2.45) is 0 Å². The number of nitrogens with one attached hydrogen (secondary N) is 1. The van der Waals surface area contributed by atoms with E-state index in [2.05, 4.69) is 31.2 Å². The zero-order valence-electron chi connectivity index (χ0n) is 10.8. The molecule has 104 valence electrons. The van der Waals surface area contributed by atoms with Crippen molar-refractivity contribution in [3.05, 3.63) is 44.5 Å². The second kappa shape index (κ2) is 5.83. The Morgan fingerprint density at radius 3 is 2.50 bits per heavy atom. The van der Waals surface area contributed by atoms with Crippen LogP contribution in [0.4, 0.5) is 11.6 Å². The summed E-state index contributed by atoms with van der Waals surface area (Å²) in [5.41, 5.74) is -0.00613. The van der Waals surface area contributed by atoms with Crippen molar-refractivity contribution in [1.82, 2.24) is 9.97 Å². The van der Waals surface area contributed by atoms with Crippen LogP contribution in [0.5, 0.6) is 11.6 Å². The van der Waals surface area contributed by atoms with Crippen LogP contribution >= 0.6 is 15.9 Å². The predicted octanol–water partition coefficient (Wildman–Crippen LogP) is 3.29. The van der Waals surface area contributed by atoms with E-state index < -0.39 is 4.92 Å². The van der Waals surface area contributed by atoms with Crippen molar-refractivity contribution in [2.75, 3.05) is 12.4 Å². The molecule has 0 radical (unpaired) electrons. The highest BCUT2D eigenvalue weighted by molar-refractivity contribution is 9.10. The Hall–Kier alpha value is -2.22. The molecule has 0 unspecified atom stereocenters. The van der Waals surface area contributed by atoms with Crippen LogP contribution in [0, 0.1) is 17.0 Å². The summed E-state index contributed by atoms with van der Waals surface area (Å²) in [5.74, 6) is 0.630. The SMILES string of the molecule is CNc1nc(C)c([N+](=O)[O-])c(Oc2ccc(Br)cc2)n1. The number of nitro groups is 1. The maximum atomic E-state index is 11.1. The summed E-state index contributed by atoms with van der Waals surface area (Å²) in [4.78, 5) is 18.5. The zero-order valence-corrected chi connectivity index (χ0v) is 12.3. The lowest BCUT2D eigenvalue weighted by molar-refractivity contribution is -0.386. The van der Waals surface area contributed by atoms with Gasteiger partial charge in [0.1, 0.15) is 11.4 Å². The van der Waals surface area contributed by atoms with Crippen LogP contribution in [0.15, 0.2) is 28.7 Å². The van der Waals surface area contributed by atoms with Gasteiger partial charge in [0.2, 0.25) is 5.95 Å². The first-order valence-electron chi connectivity index (χ1n) is 5.65. The third kappa shape index (κ3) is 3.02. The standard InChI is InChI=1S/C12H11BrN4O3/c1-7-10(17(18)19)11(16-12(14-2)15-7)20-9-5-3-8(13)4-6-9/h3-6H,1-2H3,(H,14,15,16). The Labute approximate surface area is 123 Å². The molecule has 0 saturated heterocycles. The van der Waals surface area contributed by atoms with Gasteiger partial charge in [-0.15, -0.1) is 0 Å². The minimum Gasteiger partial charge on any atom is -0.434 e. The fourth-order valence-corrected chi connectivity index (χ4v) is 1.81. The van der Waals surface area contributed by atoms with E-state index in [9.17, 15) is 10.1 Å². The molecule has 0 atom stereocenters. The van der Waals surface area contributed by atoms with Crippen LogP contribution in [-0.4, -0.2) is 21.9 Å². The third-order valence-electron chi connectivity index (χ3n) is 2.46. The summed E-state index contributed by atoms with van der Waals surface area (Å²) in [6.07, 6.45) is 0. The number of ether oxygens (including phenoxy) is 1. The normalized spacial score (nSPS) is 10.2. The highest BCUT2D eigenvalue weighted by Gasteiger charge is 2.24. The molecule has 1 heterocycles. The molecule has 2 aromatic rings. The lowest BCUT2D eigenvalue weighted by Crippen LogP contribution is -2.05. The Balaban J connectivity index is 2.45. The highest BCUT2D eigenvalue weighted by atomic mass is 79.9. The molecule has 2 rings (SSSR count). The Morgan fingerprint density at radius 1 is 1.30 bits per heavy atom. The summed E-state index contributed by atoms with van der Waals surface area (Å²) in [6.45, 7) is 1.54. The smallest absolute Gasteiger partial charge is 0.352 e. The summed E-state index contributed by atoms with van der Waals surface area (Å²) in [7, 11) is 1.63. The lowest BCUT2D eigenvalue weighted by Gasteiger charge is -2.08. The van der Waals surface area contributed by atoms with E-state index in [0.29, 0.717) is 5.75 Å². The van der Waals surface area contributed by atoms with E-state index >= 15 is 0 Å². The van der Waals surface area contributed by atoms with Gasteiger partial charge >= 0.3 is 11.6 Å². The van der Waals surface area contributed by atoms with Crippen molar-refractivity contribution in [3.8, 4) is 11.6 Å². The number of halogens is 1. The first-order valence-corrected chi connectivity index (χ1v) is 6.44. The van der Waals surface area contributed by atoms with Crippen molar-refractivity contribution in [1.29, 1.82) is 0 Å². The Morgan fingerprint density at radius 2 is 1.95 bits per heavy atom. The molecule has 0 saturated carbocycles. The number of anilines is 1. The molecule has 1 N–H and O–H groups in total. The van der Waals surface area contributed by atoms with E-state index in [0.717, 1.165) is 4.47 Å². The molecular weight excluding hydrogens is 328 g/mol. The van der Waals surface area contributed by atoms with Crippen LogP contribution in [-0.2, 0) is 0 Å². The average Bonchev–Trinajstić information content (AvgIpc) is 2.40. The van der Waals surface area contributed by atoms with Crippen LogP contribution in [0.25, 0.3) is 0 Å². The lowest BCUT2D eigenvalue weighted by atomic mass is 10.3. The first kappa shape index (κ1) is 14.2. The summed E-state index contributed by atoms with van der Waals surface area (Å²) >= 11 is 3.30. The fraction of sp³-hybridized carbons (Fsp3) is 0.167. The van der Waals surface area contributed by atoms with Gasteiger partial charge in [0.05, 0.1) is 4.92 Å². The molecule has 0 aliphatic carbocycles. The molecule has 1 aromatic heterocycles. The molecule has 0 bridgehead atoms. The number of rotatable bonds is 4. The number of aromatic nitrogens is 2. The number of nitrogens with zero attached hydrogens (tertiary/aromatic N) is 3. The summed E-state index contributed by atoms with van der Waals surface area (Å²) < 4.78 is 6.38.